The Kier molecular flexibility index (Phi) is 3.51. The Morgan fingerprint density at radius 2 is 1.54 bits per heavy atom. The second kappa shape index (κ2) is 5.96. The molecule has 4 aromatic rings. The van der Waals surface area contributed by atoms with Crippen LogP contribution in [0.1, 0.15) is 0 Å². The van der Waals surface area contributed by atoms with E-state index >= 15 is 0 Å². The van der Waals surface area contributed by atoms with Crippen molar-refractivity contribution in [1.82, 2.24) is 9.97 Å². The quantitative estimate of drug-likeness (QED) is 0.538. The van der Waals surface area contributed by atoms with Crippen LogP contribution >= 0.6 is 0 Å². The molecule has 2 aromatic carbocycles. The van der Waals surface area contributed by atoms with E-state index in [2.05, 4.69) is 20.6 Å². The van der Waals surface area contributed by atoms with Gasteiger partial charge >= 0.3 is 6.03 Å². The van der Waals surface area contributed by atoms with E-state index in [1.165, 1.54) is 0 Å². The molecule has 2 heterocycles. The molecule has 0 bridgehead atoms. The molecule has 2 N–H and O–H groups in total. The molecule has 5 nitrogen and oxygen atoms in total. The first-order valence-corrected chi connectivity index (χ1v) is 7.57. The molecule has 0 aliphatic carbocycles. The molecule has 0 spiro atoms. The van der Waals surface area contributed by atoms with Crippen LogP contribution in [0.25, 0.3) is 21.8 Å². The summed E-state index contributed by atoms with van der Waals surface area (Å²) in [6.07, 6.45) is 3.46. The van der Waals surface area contributed by atoms with Gasteiger partial charge in [-0.1, -0.05) is 24.3 Å². The lowest BCUT2D eigenvalue weighted by Gasteiger charge is -2.11. The predicted molar refractivity (Wildman–Crippen MR) is 96.1 cm³/mol. The van der Waals surface area contributed by atoms with Crippen molar-refractivity contribution in [2.45, 2.75) is 0 Å². The molecule has 0 saturated heterocycles. The van der Waals surface area contributed by atoms with Gasteiger partial charge in [0.25, 0.3) is 0 Å². The second-order valence-corrected chi connectivity index (χ2v) is 5.34. The molecule has 116 valence electrons. The van der Waals surface area contributed by atoms with Crippen molar-refractivity contribution in [1.29, 1.82) is 0 Å². The summed E-state index contributed by atoms with van der Waals surface area (Å²) >= 11 is 0. The van der Waals surface area contributed by atoms with Gasteiger partial charge in [-0.25, -0.2) is 4.79 Å². The molecule has 0 radical (unpaired) electrons. The van der Waals surface area contributed by atoms with Crippen LogP contribution in [0, 0.1) is 0 Å². The van der Waals surface area contributed by atoms with Crippen molar-refractivity contribution in [2.24, 2.45) is 0 Å². The number of nitrogens with zero attached hydrogens (tertiary/aromatic N) is 2. The van der Waals surface area contributed by atoms with Gasteiger partial charge in [-0.05, 0) is 36.4 Å². The minimum atomic E-state index is -0.309. The molecule has 24 heavy (non-hydrogen) atoms. The number of carbonyl (C=O) groups excluding carboxylic acids is 1. The van der Waals surface area contributed by atoms with Crippen molar-refractivity contribution in [2.75, 3.05) is 10.6 Å². The van der Waals surface area contributed by atoms with E-state index in [0.29, 0.717) is 11.2 Å². The van der Waals surface area contributed by atoms with Crippen molar-refractivity contribution < 1.29 is 4.79 Å². The number of fused-ring (bicyclic) bond motifs is 3. The predicted octanol–water partition coefficient (Wildman–Crippen LogP) is 4.43. The van der Waals surface area contributed by atoms with Crippen LogP contribution in [0.5, 0.6) is 0 Å². The number of urea groups is 1. The van der Waals surface area contributed by atoms with E-state index in [-0.39, 0.29) is 6.03 Å². The topological polar surface area (TPSA) is 66.9 Å². The lowest BCUT2D eigenvalue weighted by Crippen LogP contribution is -2.19. The highest BCUT2D eigenvalue weighted by Crippen LogP contribution is 2.29. The number of benzene rings is 2. The Morgan fingerprint density at radius 1 is 0.792 bits per heavy atom. The van der Waals surface area contributed by atoms with Crippen LogP contribution in [0.3, 0.4) is 0 Å². The van der Waals surface area contributed by atoms with Crippen LogP contribution < -0.4 is 10.6 Å². The van der Waals surface area contributed by atoms with E-state index in [0.717, 1.165) is 22.0 Å². The monoisotopic (exact) mass is 314 g/mol. The van der Waals surface area contributed by atoms with Gasteiger partial charge in [0.2, 0.25) is 0 Å². The molecular formula is C19H14N4O. The molecule has 0 saturated carbocycles. The fourth-order valence-corrected chi connectivity index (χ4v) is 2.70. The van der Waals surface area contributed by atoms with Gasteiger partial charge in [0.1, 0.15) is 0 Å². The Balaban J connectivity index is 1.74. The van der Waals surface area contributed by atoms with Crippen LogP contribution in [0.4, 0.5) is 16.2 Å². The molecule has 0 atom stereocenters. The van der Waals surface area contributed by atoms with Crippen molar-refractivity contribution >= 4 is 39.2 Å². The first-order chi connectivity index (χ1) is 11.8. The first kappa shape index (κ1) is 14.1. The van der Waals surface area contributed by atoms with Crippen LogP contribution in [-0.2, 0) is 0 Å². The van der Waals surface area contributed by atoms with E-state index in [4.69, 9.17) is 0 Å². The molecule has 0 unspecified atom stereocenters. The number of anilines is 2. The van der Waals surface area contributed by atoms with Gasteiger partial charge in [-0.2, -0.15) is 0 Å². The maximum Gasteiger partial charge on any atom is 0.323 e. The van der Waals surface area contributed by atoms with Crippen LogP contribution in [0.2, 0.25) is 0 Å². The Morgan fingerprint density at radius 3 is 2.38 bits per heavy atom. The van der Waals surface area contributed by atoms with Gasteiger partial charge in [-0.15, -0.1) is 0 Å². The minimum Gasteiger partial charge on any atom is -0.308 e. The normalized spacial score (nSPS) is 10.7. The number of hydrogen-bond acceptors (Lipinski definition) is 3. The number of carbonyl (C=O) groups is 1. The van der Waals surface area contributed by atoms with Crippen molar-refractivity contribution in [3.8, 4) is 0 Å². The second-order valence-electron chi connectivity index (χ2n) is 5.34. The van der Waals surface area contributed by atoms with E-state index in [9.17, 15) is 4.79 Å². The molecule has 0 aliphatic heterocycles. The summed E-state index contributed by atoms with van der Waals surface area (Å²) in [6, 6.07) is 18.5. The Bertz CT molecular complexity index is 1030. The van der Waals surface area contributed by atoms with Crippen LogP contribution in [-0.4, -0.2) is 16.0 Å². The Hall–Kier alpha value is -3.47. The number of rotatable bonds is 2. The number of amides is 2. The fraction of sp³-hybridized carbons (Fsp3) is 0. The maximum atomic E-state index is 12.3. The Labute approximate surface area is 138 Å². The van der Waals surface area contributed by atoms with Gasteiger partial charge in [-0.3, -0.25) is 9.97 Å². The molecule has 2 amide bonds. The van der Waals surface area contributed by atoms with Crippen molar-refractivity contribution in [3.63, 3.8) is 0 Å². The highest BCUT2D eigenvalue weighted by Gasteiger charge is 2.11. The summed E-state index contributed by atoms with van der Waals surface area (Å²) in [5.74, 6) is 0. The molecule has 5 heteroatoms. The molecule has 4 rings (SSSR count). The largest absolute Gasteiger partial charge is 0.323 e. The SMILES string of the molecule is O=C(Nc1ccccc1)Nc1cc2cccnc2c2cccnc12. The maximum absolute atomic E-state index is 12.3. The number of pyridine rings is 2. The van der Waals surface area contributed by atoms with Gasteiger partial charge in [0.15, 0.2) is 0 Å². The lowest BCUT2D eigenvalue weighted by molar-refractivity contribution is 0.262. The number of nitrogens with one attached hydrogen (secondary N) is 2. The number of para-hydroxylation sites is 1. The van der Waals surface area contributed by atoms with E-state index in [1.807, 2.05) is 60.7 Å². The number of hydrogen-bond donors (Lipinski definition) is 2. The van der Waals surface area contributed by atoms with Gasteiger partial charge in [0, 0.05) is 28.9 Å². The molecule has 2 aromatic heterocycles. The minimum absolute atomic E-state index is 0.309. The standard InChI is InChI=1S/C19H14N4O/c24-19(22-14-7-2-1-3-8-14)23-16-12-13-6-4-10-20-17(13)15-9-5-11-21-18(15)16/h1-12H,(H2,22,23,24). The summed E-state index contributed by atoms with van der Waals surface area (Å²) in [6.45, 7) is 0. The zero-order chi connectivity index (χ0) is 16.4. The average molecular weight is 314 g/mol. The van der Waals surface area contributed by atoms with Gasteiger partial charge in [0.05, 0.1) is 16.7 Å². The average Bonchev–Trinajstić information content (AvgIpc) is 2.63. The highest BCUT2D eigenvalue weighted by atomic mass is 16.2. The molecule has 0 fully saturated rings. The highest BCUT2D eigenvalue weighted by molar-refractivity contribution is 6.13. The zero-order valence-electron chi connectivity index (χ0n) is 12.7. The van der Waals surface area contributed by atoms with E-state index < -0.39 is 0 Å². The summed E-state index contributed by atoms with van der Waals surface area (Å²) in [7, 11) is 0. The molecular weight excluding hydrogens is 300 g/mol. The third-order valence-electron chi connectivity index (χ3n) is 3.74. The zero-order valence-corrected chi connectivity index (χ0v) is 12.7. The van der Waals surface area contributed by atoms with Crippen molar-refractivity contribution in [3.05, 3.63) is 73.1 Å². The third-order valence-corrected chi connectivity index (χ3v) is 3.74. The third kappa shape index (κ3) is 2.63. The summed E-state index contributed by atoms with van der Waals surface area (Å²) < 4.78 is 0. The number of aromatic nitrogens is 2. The lowest BCUT2D eigenvalue weighted by atomic mass is 10.1. The summed E-state index contributed by atoms with van der Waals surface area (Å²) in [5, 5.41) is 7.55. The summed E-state index contributed by atoms with van der Waals surface area (Å²) in [5.41, 5.74) is 2.97. The van der Waals surface area contributed by atoms with Crippen LogP contribution in [0.15, 0.2) is 73.1 Å². The summed E-state index contributed by atoms with van der Waals surface area (Å²) in [4.78, 5) is 21.1. The fourth-order valence-electron chi connectivity index (χ4n) is 2.70. The van der Waals surface area contributed by atoms with E-state index in [1.54, 1.807) is 12.4 Å². The smallest absolute Gasteiger partial charge is 0.308 e. The first-order valence-electron chi connectivity index (χ1n) is 7.57. The molecule has 0 aliphatic rings. The van der Waals surface area contributed by atoms with Gasteiger partial charge < -0.3 is 10.6 Å².